The van der Waals surface area contributed by atoms with Crippen molar-refractivity contribution in [1.29, 1.82) is 0 Å². The van der Waals surface area contributed by atoms with E-state index in [4.69, 9.17) is 9.97 Å². The Morgan fingerprint density at radius 1 is 1.15 bits per heavy atom. The van der Waals surface area contributed by atoms with E-state index in [2.05, 4.69) is 25.2 Å². The van der Waals surface area contributed by atoms with Gasteiger partial charge in [-0.15, -0.1) is 0 Å². The highest BCUT2D eigenvalue weighted by Crippen LogP contribution is 2.29. The number of nitrogens with zero attached hydrogens (tertiary/aromatic N) is 7. The number of aromatic nitrogens is 5. The molecule has 0 radical (unpaired) electrons. The van der Waals surface area contributed by atoms with Gasteiger partial charge < -0.3 is 10.2 Å². The molecule has 0 spiro atoms. The van der Waals surface area contributed by atoms with E-state index < -0.39 is 0 Å². The Hall–Kier alpha value is -3.07. The van der Waals surface area contributed by atoms with Crippen LogP contribution >= 0.6 is 0 Å². The molecule has 0 saturated carbocycles. The Bertz CT molecular complexity index is 1000. The maximum atomic E-state index is 12.3. The number of carbonyl (C=O) groups is 1. The molecule has 138 valence electrons. The summed E-state index contributed by atoms with van der Waals surface area (Å²) in [4.78, 5) is 30.4. The summed E-state index contributed by atoms with van der Waals surface area (Å²) in [5.41, 5.74) is 1.69. The smallest absolute Gasteiger partial charge is 0.239 e. The number of piperazine rings is 2. The second-order valence-corrected chi connectivity index (χ2v) is 6.90. The molecular formula is C18H20N8O. The summed E-state index contributed by atoms with van der Waals surface area (Å²) in [6.45, 7) is 3.90. The second kappa shape index (κ2) is 6.27. The van der Waals surface area contributed by atoms with Crippen molar-refractivity contribution in [3.63, 3.8) is 0 Å². The van der Waals surface area contributed by atoms with E-state index in [0.29, 0.717) is 12.4 Å². The van der Waals surface area contributed by atoms with E-state index in [1.807, 2.05) is 19.2 Å². The molecule has 1 atom stereocenters. The topological polar surface area (TPSA) is 92.1 Å². The monoisotopic (exact) mass is 364 g/mol. The van der Waals surface area contributed by atoms with Gasteiger partial charge in [-0.25, -0.2) is 9.97 Å². The zero-order chi connectivity index (χ0) is 18.4. The minimum atomic E-state index is -0.140. The van der Waals surface area contributed by atoms with Gasteiger partial charge in [0.05, 0.1) is 11.6 Å². The predicted octanol–water partition coefficient (Wildman–Crippen LogP) is 0.0457. The molecule has 0 bridgehead atoms. The zero-order valence-electron chi connectivity index (χ0n) is 15.0. The molecule has 3 aromatic heterocycles. The van der Waals surface area contributed by atoms with Crippen molar-refractivity contribution >= 4 is 22.8 Å². The number of aryl methyl sites for hydroxylation is 1. The molecule has 0 aromatic carbocycles. The molecule has 3 aromatic rings. The minimum absolute atomic E-state index is 0.0943. The number of rotatable bonds is 2. The summed E-state index contributed by atoms with van der Waals surface area (Å²) in [7, 11) is 1.88. The van der Waals surface area contributed by atoms with E-state index in [-0.39, 0.29) is 11.9 Å². The quantitative estimate of drug-likeness (QED) is 0.687. The lowest BCUT2D eigenvalue weighted by Gasteiger charge is -2.43. The fraction of sp³-hybridized carbons (Fsp3) is 0.389. The Morgan fingerprint density at radius 3 is 2.85 bits per heavy atom. The Kier molecular flexibility index (Phi) is 3.75. The first-order valence-electron chi connectivity index (χ1n) is 9.07. The molecule has 2 fully saturated rings. The summed E-state index contributed by atoms with van der Waals surface area (Å²) in [6, 6.07) is 3.65. The molecule has 2 aliphatic heterocycles. The van der Waals surface area contributed by atoms with E-state index >= 15 is 0 Å². The lowest BCUT2D eigenvalue weighted by atomic mass is 10.1. The van der Waals surface area contributed by atoms with Crippen LogP contribution in [0.25, 0.3) is 22.4 Å². The van der Waals surface area contributed by atoms with Crippen molar-refractivity contribution in [2.45, 2.75) is 6.04 Å². The first-order valence-corrected chi connectivity index (χ1v) is 9.07. The van der Waals surface area contributed by atoms with E-state index in [1.54, 1.807) is 23.3 Å². The van der Waals surface area contributed by atoms with E-state index in [9.17, 15) is 4.79 Å². The van der Waals surface area contributed by atoms with Crippen LogP contribution in [0.2, 0.25) is 0 Å². The van der Waals surface area contributed by atoms with Gasteiger partial charge in [0, 0.05) is 57.7 Å². The van der Waals surface area contributed by atoms with Crippen molar-refractivity contribution in [1.82, 2.24) is 34.9 Å². The van der Waals surface area contributed by atoms with Crippen LogP contribution < -0.4 is 10.2 Å². The summed E-state index contributed by atoms with van der Waals surface area (Å²) < 4.78 is 1.76. The largest absolute Gasteiger partial charge is 0.353 e. The average Bonchev–Trinajstić information content (AvgIpc) is 3.09. The number of nitrogens with one attached hydrogen (secondary N) is 1. The summed E-state index contributed by atoms with van der Waals surface area (Å²) >= 11 is 0. The Balaban J connectivity index is 1.59. The fourth-order valence-corrected chi connectivity index (χ4v) is 3.85. The lowest BCUT2D eigenvalue weighted by Crippen LogP contribution is -2.64. The number of carbonyl (C=O) groups excluding carboxylic acids is 1. The van der Waals surface area contributed by atoms with Crippen LogP contribution in [0, 0.1) is 0 Å². The number of amides is 1. The SMILES string of the molecule is Cn1ncc2c(N3CCN4CCNC(=O)[C@H]4C3)nc(-c3ccncc3)nc21. The van der Waals surface area contributed by atoms with Gasteiger partial charge in [0.15, 0.2) is 11.5 Å². The van der Waals surface area contributed by atoms with Crippen LogP contribution in [0.3, 0.4) is 0 Å². The van der Waals surface area contributed by atoms with Crippen LogP contribution in [0.5, 0.6) is 0 Å². The average molecular weight is 364 g/mol. The number of fused-ring (bicyclic) bond motifs is 2. The van der Waals surface area contributed by atoms with Gasteiger partial charge in [0.2, 0.25) is 5.91 Å². The minimum Gasteiger partial charge on any atom is -0.353 e. The number of hydrogen-bond acceptors (Lipinski definition) is 7. The van der Waals surface area contributed by atoms with Crippen LogP contribution in [-0.2, 0) is 11.8 Å². The van der Waals surface area contributed by atoms with Crippen LogP contribution in [0.15, 0.2) is 30.7 Å². The summed E-state index contributed by atoms with van der Waals surface area (Å²) in [5.74, 6) is 1.56. The van der Waals surface area contributed by atoms with Gasteiger partial charge in [0.1, 0.15) is 11.9 Å². The normalized spacial score (nSPS) is 20.6. The second-order valence-electron chi connectivity index (χ2n) is 6.90. The molecule has 0 unspecified atom stereocenters. The van der Waals surface area contributed by atoms with Crippen LogP contribution in [0.1, 0.15) is 0 Å². The van der Waals surface area contributed by atoms with Gasteiger partial charge in [-0.3, -0.25) is 19.4 Å². The van der Waals surface area contributed by atoms with Crippen molar-refractivity contribution in [3.05, 3.63) is 30.7 Å². The van der Waals surface area contributed by atoms with Gasteiger partial charge in [-0.05, 0) is 12.1 Å². The van der Waals surface area contributed by atoms with Crippen molar-refractivity contribution in [2.24, 2.45) is 7.05 Å². The first kappa shape index (κ1) is 16.1. The Labute approximate surface area is 156 Å². The molecule has 27 heavy (non-hydrogen) atoms. The number of pyridine rings is 1. The molecule has 9 nitrogen and oxygen atoms in total. The molecule has 5 heterocycles. The van der Waals surface area contributed by atoms with Crippen molar-refractivity contribution in [2.75, 3.05) is 37.6 Å². The molecule has 9 heteroatoms. The van der Waals surface area contributed by atoms with E-state index in [0.717, 1.165) is 48.6 Å². The highest BCUT2D eigenvalue weighted by atomic mass is 16.2. The predicted molar refractivity (Wildman–Crippen MR) is 100 cm³/mol. The maximum absolute atomic E-state index is 12.3. The molecule has 2 saturated heterocycles. The standard InChI is InChI=1S/C18H20N8O/c1-24-16-13(10-21-24)17(23-15(22-16)12-2-4-19-5-3-12)26-9-8-25-7-6-20-18(27)14(25)11-26/h2-5,10,14H,6-9,11H2,1H3,(H,20,27)/t14-/m1/s1. The maximum Gasteiger partial charge on any atom is 0.239 e. The van der Waals surface area contributed by atoms with Gasteiger partial charge in [-0.2, -0.15) is 5.10 Å². The molecule has 1 N–H and O–H groups in total. The highest BCUT2D eigenvalue weighted by molar-refractivity contribution is 5.90. The number of hydrogen-bond donors (Lipinski definition) is 1. The zero-order valence-corrected chi connectivity index (χ0v) is 15.0. The summed E-state index contributed by atoms with van der Waals surface area (Å²) in [6.07, 6.45) is 5.27. The third-order valence-electron chi connectivity index (χ3n) is 5.30. The molecule has 0 aliphatic carbocycles. The van der Waals surface area contributed by atoms with Crippen molar-refractivity contribution in [3.8, 4) is 11.4 Å². The fourth-order valence-electron chi connectivity index (χ4n) is 3.85. The van der Waals surface area contributed by atoms with Crippen LogP contribution in [0.4, 0.5) is 5.82 Å². The van der Waals surface area contributed by atoms with E-state index in [1.165, 1.54) is 0 Å². The number of anilines is 1. The van der Waals surface area contributed by atoms with Gasteiger partial charge in [0.25, 0.3) is 0 Å². The molecule has 2 aliphatic rings. The molecule has 1 amide bonds. The first-order chi connectivity index (χ1) is 13.2. The van der Waals surface area contributed by atoms with Crippen LogP contribution in [-0.4, -0.2) is 74.3 Å². The van der Waals surface area contributed by atoms with Crippen molar-refractivity contribution < 1.29 is 4.79 Å². The Morgan fingerprint density at radius 2 is 2.00 bits per heavy atom. The highest BCUT2D eigenvalue weighted by Gasteiger charge is 2.36. The van der Waals surface area contributed by atoms with Gasteiger partial charge in [-0.1, -0.05) is 0 Å². The molecule has 5 rings (SSSR count). The van der Waals surface area contributed by atoms with Gasteiger partial charge >= 0.3 is 0 Å². The lowest BCUT2D eigenvalue weighted by molar-refractivity contribution is -0.129. The molecular weight excluding hydrogens is 344 g/mol. The third-order valence-corrected chi connectivity index (χ3v) is 5.30. The summed E-state index contributed by atoms with van der Waals surface area (Å²) in [5, 5.41) is 8.24. The third kappa shape index (κ3) is 2.71.